The number of nitrogens with one attached hydrogen (secondary N) is 2. The van der Waals surface area contributed by atoms with Crippen molar-refractivity contribution in [3.8, 4) is 0 Å². The van der Waals surface area contributed by atoms with Crippen LogP contribution < -0.4 is 10.9 Å². The van der Waals surface area contributed by atoms with Gasteiger partial charge in [0.2, 0.25) is 11.9 Å². The maximum Gasteiger partial charge on any atom is 0.302 e. The van der Waals surface area contributed by atoms with Crippen LogP contribution in [0.4, 0.5) is 5.95 Å². The maximum absolute atomic E-state index is 12.2. The summed E-state index contributed by atoms with van der Waals surface area (Å²) in [6.45, 7) is 4.68. The van der Waals surface area contributed by atoms with Gasteiger partial charge in [0.25, 0.3) is 5.56 Å². The molecule has 2 aromatic heterocycles. The molecule has 0 bridgehead atoms. The fourth-order valence-corrected chi connectivity index (χ4v) is 2.60. The van der Waals surface area contributed by atoms with Crippen molar-refractivity contribution in [1.82, 2.24) is 19.5 Å². The Kier molecular flexibility index (Phi) is 4.83. The summed E-state index contributed by atoms with van der Waals surface area (Å²) in [6, 6.07) is 0. The van der Waals surface area contributed by atoms with Crippen LogP contribution in [-0.4, -0.2) is 49.7 Å². The number of H-pyrrole nitrogens is 1. The first-order valence-corrected chi connectivity index (χ1v) is 8.49. The average Bonchev–Trinajstić information content (AvgIpc) is 3.15. The Bertz CT molecular complexity index is 989. The fourth-order valence-electron chi connectivity index (χ4n) is 2.60. The van der Waals surface area contributed by atoms with E-state index >= 15 is 0 Å². The maximum atomic E-state index is 12.2. The Hall–Kier alpha value is -3.01. The molecule has 0 spiro atoms. The minimum absolute atomic E-state index is 0.0375. The summed E-state index contributed by atoms with van der Waals surface area (Å²) in [6.07, 6.45) is 3.69. The van der Waals surface area contributed by atoms with E-state index in [9.17, 15) is 19.5 Å². The van der Waals surface area contributed by atoms with E-state index in [0.29, 0.717) is 6.42 Å². The van der Waals surface area contributed by atoms with Crippen LogP contribution >= 0.6 is 0 Å². The van der Waals surface area contributed by atoms with Crippen LogP contribution in [0.15, 0.2) is 16.7 Å². The number of aliphatic hydroxyl groups is 1. The Morgan fingerprint density at radius 1 is 1.52 bits per heavy atom. The van der Waals surface area contributed by atoms with Crippen molar-refractivity contribution in [1.29, 1.82) is 0 Å². The minimum atomic E-state index is -0.613. The zero-order valence-electron chi connectivity index (χ0n) is 15.3. The molecule has 1 saturated carbocycles. The van der Waals surface area contributed by atoms with Gasteiger partial charge in [0.15, 0.2) is 11.2 Å². The number of hydrogen-bond acceptors (Lipinski definition) is 7. The zero-order chi connectivity index (χ0) is 19.8. The van der Waals surface area contributed by atoms with E-state index in [0.717, 1.165) is 5.57 Å². The molecule has 2 aromatic rings. The second-order valence-electron chi connectivity index (χ2n) is 6.93. The van der Waals surface area contributed by atoms with Crippen LogP contribution in [0.25, 0.3) is 17.4 Å². The lowest BCUT2D eigenvalue weighted by molar-refractivity contribution is -0.143. The second-order valence-corrected chi connectivity index (χ2v) is 6.93. The molecule has 2 heterocycles. The monoisotopic (exact) mass is 375 g/mol. The molecule has 0 saturated heterocycles. The van der Waals surface area contributed by atoms with Gasteiger partial charge in [0.05, 0.1) is 12.0 Å². The third kappa shape index (κ3) is 3.75. The average molecular weight is 375 g/mol. The molecule has 10 heteroatoms. The molecule has 0 aliphatic heterocycles. The first kappa shape index (κ1) is 18.8. The van der Waals surface area contributed by atoms with Crippen molar-refractivity contribution >= 4 is 35.2 Å². The van der Waals surface area contributed by atoms with Gasteiger partial charge in [-0.05, 0) is 12.0 Å². The lowest BCUT2D eigenvalue weighted by atomic mass is 10.1. The van der Waals surface area contributed by atoms with Gasteiger partial charge in [-0.15, -0.1) is 0 Å². The molecule has 1 unspecified atom stereocenters. The number of carbonyl (C=O) groups is 2. The number of aromatic nitrogens is 4. The van der Waals surface area contributed by atoms with Gasteiger partial charge in [-0.25, -0.2) is 4.98 Å². The van der Waals surface area contributed by atoms with Crippen molar-refractivity contribution in [3.05, 3.63) is 22.3 Å². The van der Waals surface area contributed by atoms with E-state index in [1.165, 1.54) is 13.3 Å². The number of esters is 1. The van der Waals surface area contributed by atoms with Gasteiger partial charge < -0.3 is 9.84 Å². The lowest BCUT2D eigenvalue weighted by Gasteiger charge is -2.10. The van der Waals surface area contributed by atoms with Gasteiger partial charge in [-0.1, -0.05) is 13.8 Å². The molecule has 1 fully saturated rings. The van der Waals surface area contributed by atoms with Crippen molar-refractivity contribution in [3.63, 3.8) is 0 Å². The van der Waals surface area contributed by atoms with Gasteiger partial charge in [-0.2, -0.15) is 4.98 Å². The largest absolute Gasteiger partial charge is 0.465 e. The van der Waals surface area contributed by atoms with E-state index in [1.54, 1.807) is 24.6 Å². The highest BCUT2D eigenvalue weighted by Gasteiger charge is 2.49. The summed E-state index contributed by atoms with van der Waals surface area (Å²) in [5, 5.41) is 12.2. The molecule has 27 heavy (non-hydrogen) atoms. The van der Waals surface area contributed by atoms with Gasteiger partial charge >= 0.3 is 5.97 Å². The smallest absolute Gasteiger partial charge is 0.302 e. The van der Waals surface area contributed by atoms with Gasteiger partial charge in [0.1, 0.15) is 12.9 Å². The molecule has 1 aliphatic carbocycles. The van der Waals surface area contributed by atoms with Gasteiger partial charge in [-0.3, -0.25) is 29.3 Å². The third-order valence-electron chi connectivity index (χ3n) is 4.43. The van der Waals surface area contributed by atoms with Crippen molar-refractivity contribution in [2.45, 2.75) is 27.2 Å². The van der Waals surface area contributed by atoms with Crippen LogP contribution in [0.3, 0.4) is 0 Å². The quantitative estimate of drug-likeness (QED) is 0.625. The summed E-state index contributed by atoms with van der Waals surface area (Å²) in [7, 11) is 0. The van der Waals surface area contributed by atoms with Crippen LogP contribution in [0, 0.1) is 11.3 Å². The van der Waals surface area contributed by atoms with Crippen molar-refractivity contribution < 1.29 is 19.4 Å². The number of amides is 1. The number of imidazole rings is 1. The first-order chi connectivity index (χ1) is 12.8. The molecular weight excluding hydrogens is 354 g/mol. The molecular formula is C17H21N5O5. The number of carbonyl (C=O) groups excluding carboxylic acids is 2. The van der Waals surface area contributed by atoms with E-state index < -0.39 is 16.9 Å². The summed E-state index contributed by atoms with van der Waals surface area (Å²) < 4.78 is 6.57. The molecule has 144 valence electrons. The molecule has 3 rings (SSSR count). The molecule has 1 aliphatic rings. The molecule has 10 nitrogen and oxygen atoms in total. The predicted molar refractivity (Wildman–Crippen MR) is 96.7 cm³/mol. The van der Waals surface area contributed by atoms with Gasteiger partial charge in [0, 0.05) is 19.0 Å². The lowest BCUT2D eigenvalue weighted by Crippen LogP contribution is -2.22. The minimum Gasteiger partial charge on any atom is -0.465 e. The number of hydrogen-bond donors (Lipinski definition) is 3. The SMILES string of the molecule is CC(=O)OCC1(CO)CC1=Cn1cnc2c(=O)[nH]c(NC(=O)C(C)C)nc21. The van der Waals surface area contributed by atoms with E-state index in [-0.39, 0.29) is 42.2 Å². The highest BCUT2D eigenvalue weighted by Crippen LogP contribution is 2.52. The van der Waals surface area contributed by atoms with Crippen LogP contribution in [0.5, 0.6) is 0 Å². The van der Waals surface area contributed by atoms with Crippen LogP contribution in [-0.2, 0) is 14.3 Å². The standard InChI is InChI=1S/C17H21N5O5/c1-9(2)14(25)20-16-19-13-12(15(26)21-16)18-8-22(13)5-11-4-17(11,6-23)7-27-10(3)24/h5,8-9,23H,4,6-7H2,1-3H3,(H2,19,20,21,25,26). The number of anilines is 1. The molecule has 1 amide bonds. The number of aromatic amines is 1. The van der Waals surface area contributed by atoms with Crippen molar-refractivity contribution in [2.24, 2.45) is 11.3 Å². The summed E-state index contributed by atoms with van der Waals surface area (Å²) in [5.74, 6) is -0.919. The highest BCUT2D eigenvalue weighted by molar-refractivity contribution is 5.91. The molecule has 3 N–H and O–H groups in total. The first-order valence-electron chi connectivity index (χ1n) is 8.49. The number of aliphatic hydroxyl groups excluding tert-OH is 1. The van der Waals surface area contributed by atoms with E-state index in [4.69, 9.17) is 4.74 Å². The van der Waals surface area contributed by atoms with Crippen LogP contribution in [0.2, 0.25) is 0 Å². The molecule has 0 radical (unpaired) electrons. The Morgan fingerprint density at radius 3 is 2.89 bits per heavy atom. The molecule has 0 aromatic carbocycles. The highest BCUT2D eigenvalue weighted by atomic mass is 16.5. The van der Waals surface area contributed by atoms with Crippen LogP contribution in [0.1, 0.15) is 27.2 Å². The number of fused-ring (bicyclic) bond motifs is 1. The van der Waals surface area contributed by atoms with Crippen molar-refractivity contribution in [2.75, 3.05) is 18.5 Å². The number of ether oxygens (including phenoxy) is 1. The summed E-state index contributed by atoms with van der Waals surface area (Å²) >= 11 is 0. The summed E-state index contributed by atoms with van der Waals surface area (Å²) in [4.78, 5) is 45.9. The Morgan fingerprint density at radius 2 is 2.26 bits per heavy atom. The summed E-state index contributed by atoms with van der Waals surface area (Å²) in [5.41, 5.74) is 0.167. The predicted octanol–water partition coefficient (Wildman–Crippen LogP) is 0.501. The Labute approximate surface area is 154 Å². The second kappa shape index (κ2) is 6.95. The zero-order valence-corrected chi connectivity index (χ0v) is 15.3. The number of rotatable bonds is 6. The topological polar surface area (TPSA) is 139 Å². The van der Waals surface area contributed by atoms with E-state index in [2.05, 4.69) is 20.3 Å². The Balaban J connectivity index is 1.92. The molecule has 1 atom stereocenters. The van der Waals surface area contributed by atoms with E-state index in [1.807, 2.05) is 0 Å². The third-order valence-corrected chi connectivity index (χ3v) is 4.43. The number of nitrogens with zero attached hydrogens (tertiary/aromatic N) is 3. The normalized spacial score (nSPS) is 20.3. The fraction of sp³-hybridized carbons (Fsp3) is 0.471.